The quantitative estimate of drug-likeness (QED) is 0.905. The van der Waals surface area contributed by atoms with E-state index in [-0.39, 0.29) is 11.7 Å². The first-order valence-electron chi connectivity index (χ1n) is 6.08. The molecule has 0 aliphatic carbocycles. The summed E-state index contributed by atoms with van der Waals surface area (Å²) in [6.45, 7) is 5.62. The molecule has 2 aromatic rings. The van der Waals surface area contributed by atoms with Gasteiger partial charge in [0.25, 0.3) is 0 Å². The van der Waals surface area contributed by atoms with Gasteiger partial charge in [0.1, 0.15) is 5.69 Å². The van der Waals surface area contributed by atoms with Crippen molar-refractivity contribution < 1.29 is 14.3 Å². The van der Waals surface area contributed by atoms with Crippen molar-refractivity contribution in [1.29, 1.82) is 5.26 Å². The van der Waals surface area contributed by atoms with Crippen LogP contribution in [0.3, 0.4) is 0 Å². The van der Waals surface area contributed by atoms with Gasteiger partial charge in [-0.25, -0.2) is 9.78 Å². The Balaban J connectivity index is 2.53. The van der Waals surface area contributed by atoms with Gasteiger partial charge < -0.3 is 9.52 Å². The Bertz CT molecular complexity index is 685. The summed E-state index contributed by atoms with van der Waals surface area (Å²) in [7, 11) is 0. The number of hydrogen-bond donors (Lipinski definition) is 1. The second kappa shape index (κ2) is 4.82. The molecule has 1 aromatic heterocycles. The van der Waals surface area contributed by atoms with Crippen LogP contribution in [0.1, 0.15) is 42.6 Å². The zero-order chi connectivity index (χ0) is 14.9. The molecule has 2 rings (SSSR count). The van der Waals surface area contributed by atoms with Crippen molar-refractivity contribution in [3.05, 3.63) is 41.3 Å². The normalized spacial score (nSPS) is 11.1. The first-order chi connectivity index (χ1) is 9.32. The number of nitriles is 1. The molecule has 0 atom stereocenters. The van der Waals surface area contributed by atoms with Crippen molar-refractivity contribution >= 4 is 5.97 Å². The molecule has 0 aliphatic rings. The van der Waals surface area contributed by atoms with Gasteiger partial charge in [0.15, 0.2) is 0 Å². The standard InChI is InChI=1S/C15H14N2O3/c1-15(2,3)12-11(14(18)19)20-13(17-12)10-6-4-9(8-16)5-7-10/h4-7H,1-3H3,(H,18,19). The predicted octanol–water partition coefficient (Wildman–Crippen LogP) is 3.21. The number of carboxylic acid groups (broad SMARTS) is 1. The number of nitrogens with zero attached hydrogens (tertiary/aromatic N) is 2. The number of hydrogen-bond acceptors (Lipinski definition) is 4. The third-order valence-corrected chi connectivity index (χ3v) is 2.79. The molecular weight excluding hydrogens is 256 g/mol. The van der Waals surface area contributed by atoms with Gasteiger partial charge in [0.2, 0.25) is 11.7 Å². The fourth-order valence-corrected chi connectivity index (χ4v) is 1.78. The van der Waals surface area contributed by atoms with E-state index in [0.29, 0.717) is 16.8 Å². The number of aromatic nitrogens is 1. The van der Waals surface area contributed by atoms with E-state index in [1.807, 2.05) is 26.8 Å². The molecule has 5 heteroatoms. The van der Waals surface area contributed by atoms with Crippen LogP contribution >= 0.6 is 0 Å². The molecule has 0 unspecified atom stereocenters. The monoisotopic (exact) mass is 270 g/mol. The third kappa shape index (κ3) is 2.54. The summed E-state index contributed by atoms with van der Waals surface area (Å²) in [6.07, 6.45) is 0. The lowest BCUT2D eigenvalue weighted by Crippen LogP contribution is -2.16. The molecule has 5 nitrogen and oxygen atoms in total. The number of benzene rings is 1. The Kier molecular flexibility index (Phi) is 3.33. The van der Waals surface area contributed by atoms with Crippen LogP contribution in [-0.4, -0.2) is 16.1 Å². The Hall–Kier alpha value is -2.61. The van der Waals surface area contributed by atoms with Crippen LogP contribution in [-0.2, 0) is 5.41 Å². The van der Waals surface area contributed by atoms with Crippen molar-refractivity contribution in [2.24, 2.45) is 0 Å². The molecule has 0 saturated carbocycles. The van der Waals surface area contributed by atoms with Gasteiger partial charge in [-0.2, -0.15) is 5.26 Å². The van der Waals surface area contributed by atoms with Crippen LogP contribution in [0, 0.1) is 11.3 Å². The highest BCUT2D eigenvalue weighted by Gasteiger charge is 2.29. The van der Waals surface area contributed by atoms with Gasteiger partial charge >= 0.3 is 5.97 Å². The van der Waals surface area contributed by atoms with Gasteiger partial charge in [0.05, 0.1) is 11.6 Å². The van der Waals surface area contributed by atoms with E-state index in [9.17, 15) is 9.90 Å². The molecule has 1 aromatic carbocycles. The van der Waals surface area contributed by atoms with E-state index in [2.05, 4.69) is 4.98 Å². The molecule has 20 heavy (non-hydrogen) atoms. The van der Waals surface area contributed by atoms with Crippen LogP contribution in [0.25, 0.3) is 11.5 Å². The SMILES string of the molecule is CC(C)(C)c1nc(-c2ccc(C#N)cc2)oc1C(=O)O. The van der Waals surface area contributed by atoms with Crippen LogP contribution in [0.4, 0.5) is 0 Å². The maximum atomic E-state index is 11.2. The summed E-state index contributed by atoms with van der Waals surface area (Å²) in [6, 6.07) is 8.66. The van der Waals surface area contributed by atoms with Crippen LogP contribution in [0.15, 0.2) is 28.7 Å². The van der Waals surface area contributed by atoms with Crippen LogP contribution in [0.5, 0.6) is 0 Å². The summed E-state index contributed by atoms with van der Waals surface area (Å²) in [4.78, 5) is 15.5. The average molecular weight is 270 g/mol. The molecule has 0 fully saturated rings. The van der Waals surface area contributed by atoms with Gasteiger partial charge in [-0.15, -0.1) is 0 Å². The van der Waals surface area contributed by atoms with E-state index in [4.69, 9.17) is 9.68 Å². The van der Waals surface area contributed by atoms with E-state index in [1.165, 1.54) is 0 Å². The second-order valence-corrected chi connectivity index (χ2v) is 5.44. The van der Waals surface area contributed by atoms with Gasteiger partial charge in [-0.1, -0.05) is 20.8 Å². The maximum Gasteiger partial charge on any atom is 0.373 e. The second-order valence-electron chi connectivity index (χ2n) is 5.44. The molecule has 1 heterocycles. The minimum atomic E-state index is -1.14. The highest BCUT2D eigenvalue weighted by molar-refractivity contribution is 5.86. The predicted molar refractivity (Wildman–Crippen MR) is 72.3 cm³/mol. The molecule has 0 aliphatic heterocycles. The zero-order valence-electron chi connectivity index (χ0n) is 11.5. The minimum Gasteiger partial charge on any atom is -0.475 e. The van der Waals surface area contributed by atoms with Crippen LogP contribution < -0.4 is 0 Å². The lowest BCUT2D eigenvalue weighted by molar-refractivity contribution is 0.0659. The maximum absolute atomic E-state index is 11.2. The third-order valence-electron chi connectivity index (χ3n) is 2.79. The fraction of sp³-hybridized carbons (Fsp3) is 0.267. The van der Waals surface area contributed by atoms with Crippen molar-refractivity contribution in [2.45, 2.75) is 26.2 Å². The number of carbonyl (C=O) groups is 1. The summed E-state index contributed by atoms with van der Waals surface area (Å²) in [5.41, 5.74) is 1.14. The van der Waals surface area contributed by atoms with Crippen molar-refractivity contribution in [3.63, 3.8) is 0 Å². The van der Waals surface area contributed by atoms with Crippen molar-refractivity contribution in [1.82, 2.24) is 4.98 Å². The molecule has 0 spiro atoms. The fourth-order valence-electron chi connectivity index (χ4n) is 1.78. The summed E-state index contributed by atoms with van der Waals surface area (Å²) < 4.78 is 5.37. The Labute approximate surface area is 116 Å². The molecular formula is C15H14N2O3. The lowest BCUT2D eigenvalue weighted by Gasteiger charge is -2.14. The molecule has 1 N–H and O–H groups in total. The van der Waals surface area contributed by atoms with Crippen LogP contribution in [0.2, 0.25) is 0 Å². The largest absolute Gasteiger partial charge is 0.475 e. The Morgan fingerprint density at radius 3 is 2.30 bits per heavy atom. The zero-order valence-corrected chi connectivity index (χ0v) is 11.5. The summed E-state index contributed by atoms with van der Waals surface area (Å²) >= 11 is 0. The molecule has 0 bridgehead atoms. The van der Waals surface area contributed by atoms with E-state index >= 15 is 0 Å². The van der Waals surface area contributed by atoms with E-state index in [1.54, 1.807) is 24.3 Å². The highest BCUT2D eigenvalue weighted by Crippen LogP contribution is 2.30. The van der Waals surface area contributed by atoms with Gasteiger partial charge in [-0.05, 0) is 24.3 Å². The summed E-state index contributed by atoms with van der Waals surface area (Å²) in [5, 5.41) is 18.0. The smallest absolute Gasteiger partial charge is 0.373 e. The summed E-state index contributed by atoms with van der Waals surface area (Å²) in [5.74, 6) is -1.03. The van der Waals surface area contributed by atoms with Gasteiger partial charge in [0, 0.05) is 11.0 Å². The number of rotatable bonds is 2. The molecule has 102 valence electrons. The minimum absolute atomic E-state index is 0.142. The van der Waals surface area contributed by atoms with Crippen molar-refractivity contribution in [2.75, 3.05) is 0 Å². The van der Waals surface area contributed by atoms with Crippen molar-refractivity contribution in [3.8, 4) is 17.5 Å². The number of oxazole rings is 1. The topological polar surface area (TPSA) is 87.1 Å². The molecule has 0 saturated heterocycles. The lowest BCUT2D eigenvalue weighted by atomic mass is 9.91. The molecule has 0 amide bonds. The first kappa shape index (κ1) is 13.8. The highest BCUT2D eigenvalue weighted by atomic mass is 16.4. The Morgan fingerprint density at radius 1 is 1.30 bits per heavy atom. The van der Waals surface area contributed by atoms with E-state index in [0.717, 1.165) is 0 Å². The molecule has 0 radical (unpaired) electrons. The van der Waals surface area contributed by atoms with E-state index < -0.39 is 11.4 Å². The number of carboxylic acids is 1. The first-order valence-corrected chi connectivity index (χ1v) is 6.08. The average Bonchev–Trinajstić information content (AvgIpc) is 2.84. The Morgan fingerprint density at radius 2 is 1.90 bits per heavy atom. The van der Waals surface area contributed by atoms with Gasteiger partial charge in [-0.3, -0.25) is 0 Å². The number of aromatic carboxylic acids is 1.